The second kappa shape index (κ2) is 10.4. The van der Waals surface area contributed by atoms with E-state index in [4.69, 9.17) is 11.6 Å². The van der Waals surface area contributed by atoms with Crippen LogP contribution < -0.4 is 9.62 Å². The maximum atomic E-state index is 12.8. The first-order valence-corrected chi connectivity index (χ1v) is 10.2. The number of benzene rings is 1. The fraction of sp³-hybridized carbons (Fsp3) is 0.375. The molecule has 166 valence electrons. The van der Waals surface area contributed by atoms with Gasteiger partial charge in [0.2, 0.25) is 0 Å². The Morgan fingerprint density at radius 3 is 2.37 bits per heavy atom. The van der Waals surface area contributed by atoms with E-state index >= 15 is 0 Å². The summed E-state index contributed by atoms with van der Waals surface area (Å²) in [7, 11) is -5.65. The minimum Gasteiger partial charge on any atom is -0.372 e. The molecule has 0 fully saturated rings. The molecule has 0 aliphatic rings. The molecule has 0 radical (unpaired) electrons. The van der Waals surface area contributed by atoms with Gasteiger partial charge >= 0.3 is 32.0 Å². The summed E-state index contributed by atoms with van der Waals surface area (Å²) in [6.07, 6.45) is 1.20. The van der Waals surface area contributed by atoms with Gasteiger partial charge in [-0.2, -0.15) is 21.6 Å². The van der Waals surface area contributed by atoms with Gasteiger partial charge in [0.1, 0.15) is 17.0 Å². The third kappa shape index (κ3) is 6.02. The molecule has 0 aliphatic heterocycles. The molecule has 0 amide bonds. The third-order valence-electron chi connectivity index (χ3n) is 3.86. The number of alkyl halides is 3. The molecule has 2 aromatic rings. The first-order chi connectivity index (χ1) is 13.5. The Hall–Kier alpha value is -1.98. The zero-order valence-corrected chi connectivity index (χ0v) is 18.6. The second-order valence-electron chi connectivity index (χ2n) is 5.72. The van der Waals surface area contributed by atoms with Crippen molar-refractivity contribution in [3.63, 3.8) is 0 Å². The second-order valence-corrected chi connectivity index (χ2v) is 7.77. The molecule has 30 heavy (non-hydrogen) atoms. The summed E-state index contributed by atoms with van der Waals surface area (Å²) in [6.45, 7) is 6.47. The number of nitrogens with one attached hydrogen (secondary N) is 1. The zero-order valence-electron chi connectivity index (χ0n) is 16.0. The van der Waals surface area contributed by atoms with Crippen molar-refractivity contribution in [2.24, 2.45) is 10.2 Å². The molecule has 1 N–H and O–H groups in total. The number of sulfonamides is 1. The van der Waals surface area contributed by atoms with Gasteiger partial charge in [0.15, 0.2) is 5.82 Å². The maximum absolute atomic E-state index is 12.8. The molecule has 1 aromatic carbocycles. The molecule has 0 bridgehead atoms. The maximum Gasteiger partial charge on any atom is 2.00 e. The van der Waals surface area contributed by atoms with Crippen LogP contribution in [0.4, 0.5) is 36.1 Å². The molecule has 0 spiro atoms. The molecule has 1 aromatic heterocycles. The normalized spacial score (nSPS) is 12.0. The van der Waals surface area contributed by atoms with Crippen molar-refractivity contribution in [2.45, 2.75) is 26.3 Å². The van der Waals surface area contributed by atoms with E-state index in [0.717, 1.165) is 0 Å². The SMILES string of the molecule is CCN(CC)c1ccc(N=Nc2ncnc(C)c2Cl)c(NS(=O)(=O)C(F)(F)F)c1.[Ni+2]. The van der Waals surface area contributed by atoms with Gasteiger partial charge in [0, 0.05) is 18.8 Å². The van der Waals surface area contributed by atoms with Crippen LogP contribution in [0.15, 0.2) is 34.8 Å². The van der Waals surface area contributed by atoms with Gasteiger partial charge in [0.05, 0.1) is 11.4 Å². The van der Waals surface area contributed by atoms with E-state index in [1.54, 1.807) is 13.0 Å². The van der Waals surface area contributed by atoms with Crippen LogP contribution in [-0.2, 0) is 26.5 Å². The van der Waals surface area contributed by atoms with Gasteiger partial charge in [-0.25, -0.2) is 9.97 Å². The van der Waals surface area contributed by atoms with Crippen LogP contribution in [0, 0.1) is 6.92 Å². The molecule has 14 heteroatoms. The van der Waals surface area contributed by atoms with E-state index in [9.17, 15) is 21.6 Å². The summed E-state index contributed by atoms with van der Waals surface area (Å²) in [6, 6.07) is 4.21. The van der Waals surface area contributed by atoms with Crippen molar-refractivity contribution in [2.75, 3.05) is 22.7 Å². The largest absolute Gasteiger partial charge is 2.00 e. The number of halogens is 4. The number of rotatable bonds is 7. The minimum absolute atomic E-state index is 0. The van der Waals surface area contributed by atoms with Crippen LogP contribution in [0.5, 0.6) is 0 Å². The van der Waals surface area contributed by atoms with Crippen LogP contribution in [-0.4, -0.2) is 37.0 Å². The Bertz CT molecular complexity index is 1020. The molecule has 0 unspecified atom stereocenters. The Kier molecular flexibility index (Phi) is 9.00. The van der Waals surface area contributed by atoms with Crippen molar-refractivity contribution < 1.29 is 38.1 Å². The third-order valence-corrected chi connectivity index (χ3v) is 5.40. The zero-order chi connectivity index (χ0) is 21.8. The Morgan fingerprint density at radius 1 is 1.17 bits per heavy atom. The summed E-state index contributed by atoms with van der Waals surface area (Å²) < 4.78 is 63.3. The van der Waals surface area contributed by atoms with Gasteiger partial charge in [-0.05, 0) is 39.0 Å². The molecule has 0 aliphatic carbocycles. The van der Waals surface area contributed by atoms with E-state index < -0.39 is 15.5 Å². The average Bonchev–Trinajstić information content (AvgIpc) is 2.64. The first kappa shape index (κ1) is 26.1. The Morgan fingerprint density at radius 2 is 1.80 bits per heavy atom. The molecular weight excluding hydrogens is 491 g/mol. The first-order valence-electron chi connectivity index (χ1n) is 8.37. The van der Waals surface area contributed by atoms with Crippen molar-refractivity contribution in [1.29, 1.82) is 0 Å². The van der Waals surface area contributed by atoms with Crippen LogP contribution in [0.3, 0.4) is 0 Å². The number of aryl methyl sites for hydroxylation is 1. The van der Waals surface area contributed by atoms with E-state index in [1.165, 1.54) is 23.2 Å². The average molecular weight is 510 g/mol. The number of nitrogens with zero attached hydrogens (tertiary/aromatic N) is 5. The quantitative estimate of drug-likeness (QED) is 0.420. The van der Waals surface area contributed by atoms with Crippen LogP contribution >= 0.6 is 11.6 Å². The monoisotopic (exact) mass is 508 g/mol. The molecule has 1 heterocycles. The van der Waals surface area contributed by atoms with Gasteiger partial charge in [-0.3, -0.25) is 4.72 Å². The van der Waals surface area contributed by atoms with Crippen LogP contribution in [0.2, 0.25) is 5.02 Å². The summed E-state index contributed by atoms with van der Waals surface area (Å²) in [4.78, 5) is 9.54. The molecule has 0 atom stereocenters. The summed E-state index contributed by atoms with van der Waals surface area (Å²) in [5.41, 5.74) is -5.05. The van der Waals surface area contributed by atoms with Crippen molar-refractivity contribution in [3.8, 4) is 0 Å². The predicted octanol–water partition coefficient (Wildman–Crippen LogP) is 4.96. The predicted molar refractivity (Wildman–Crippen MR) is 105 cm³/mol. The number of azo groups is 1. The minimum atomic E-state index is -5.65. The van der Waals surface area contributed by atoms with Crippen molar-refractivity contribution in [3.05, 3.63) is 35.2 Å². The number of anilines is 2. The molecular formula is C16H18ClF3N6NiO2S+2. The summed E-state index contributed by atoms with van der Waals surface area (Å²) in [5.74, 6) is -0.00313. The number of aromatic nitrogens is 2. The van der Waals surface area contributed by atoms with E-state index in [2.05, 4.69) is 20.2 Å². The molecule has 0 saturated heterocycles. The summed E-state index contributed by atoms with van der Waals surface area (Å²) in [5, 5.41) is 7.77. The fourth-order valence-corrected chi connectivity index (χ4v) is 3.00. The van der Waals surface area contributed by atoms with Gasteiger partial charge in [-0.1, -0.05) is 11.6 Å². The van der Waals surface area contributed by atoms with Crippen molar-refractivity contribution in [1.82, 2.24) is 9.97 Å². The van der Waals surface area contributed by atoms with Crippen LogP contribution in [0.1, 0.15) is 19.5 Å². The van der Waals surface area contributed by atoms with E-state index in [0.29, 0.717) is 24.5 Å². The van der Waals surface area contributed by atoms with Crippen LogP contribution in [0.25, 0.3) is 0 Å². The van der Waals surface area contributed by atoms with Gasteiger partial charge in [0.25, 0.3) is 0 Å². The Balaban J connectivity index is 0.00000450. The number of hydrogen-bond donors (Lipinski definition) is 1. The molecule has 0 saturated carbocycles. The standard InChI is InChI=1S/C16H18ClF3N6O2S.Ni/c1-4-26(5-2)11-6-7-12(13(8-11)25-29(27,28)16(18,19)20)23-24-15-14(17)10(3)21-9-22-15;/h6-9,25H,4-5H2,1-3H3;/q;+2. The number of hydrogen-bond acceptors (Lipinski definition) is 7. The smallest absolute Gasteiger partial charge is 0.372 e. The van der Waals surface area contributed by atoms with E-state index in [1.807, 2.05) is 18.7 Å². The fourth-order valence-electron chi connectivity index (χ4n) is 2.30. The topological polar surface area (TPSA) is 99.9 Å². The van der Waals surface area contributed by atoms with Gasteiger partial charge in [-0.15, -0.1) is 10.2 Å². The molecule has 2 rings (SSSR count). The van der Waals surface area contributed by atoms with E-state index in [-0.39, 0.29) is 38.7 Å². The molecule has 8 nitrogen and oxygen atoms in total. The van der Waals surface area contributed by atoms with Gasteiger partial charge < -0.3 is 4.90 Å². The van der Waals surface area contributed by atoms with Crippen molar-refractivity contribution >= 4 is 44.5 Å². The summed E-state index contributed by atoms with van der Waals surface area (Å²) >= 11 is 6.02. The Labute approximate surface area is 186 Å².